The Kier molecular flexibility index (Phi) is 7.91. The first-order valence-electron chi connectivity index (χ1n) is 5.52. The van der Waals surface area contributed by atoms with Crippen molar-refractivity contribution < 1.29 is 9.47 Å². The van der Waals surface area contributed by atoms with E-state index in [0.29, 0.717) is 0 Å². The van der Waals surface area contributed by atoms with Gasteiger partial charge in [0.2, 0.25) is 0 Å². The fraction of sp³-hybridized carbons (Fsp3) is 0.500. The molecule has 1 aliphatic heterocycles. The Hall–Kier alpha value is -0.840. The molecule has 1 fully saturated rings. The minimum Gasteiger partial charge on any atom is -0.497 e. The monoisotopic (exact) mass is 294 g/mol. The van der Waals surface area contributed by atoms with Crippen LogP contribution in [0.1, 0.15) is 0 Å². The molecule has 0 bridgehead atoms. The quantitative estimate of drug-likeness (QED) is 0.924. The lowest BCUT2D eigenvalue weighted by Crippen LogP contribution is -2.43. The Labute approximate surface area is 120 Å². The molecule has 1 aromatic carbocycles. The number of benzene rings is 1. The first-order valence-corrected chi connectivity index (χ1v) is 5.52. The molecule has 1 aliphatic rings. The second-order valence-electron chi connectivity index (χ2n) is 3.81. The standard InChI is InChI=1S/C12H18N2O2.2ClH/c1-15-11-7-10(8-12(9-11)16-2)14-5-3-13-4-6-14;;/h7-9,13H,3-6H2,1-2H3;2*1H. The number of ether oxygens (including phenoxy) is 2. The van der Waals surface area contributed by atoms with E-state index < -0.39 is 0 Å². The summed E-state index contributed by atoms with van der Waals surface area (Å²) in [6.07, 6.45) is 0. The summed E-state index contributed by atoms with van der Waals surface area (Å²) in [6.45, 7) is 4.10. The first kappa shape index (κ1) is 17.2. The van der Waals surface area contributed by atoms with Gasteiger partial charge in [-0.15, -0.1) is 24.8 Å². The highest BCUT2D eigenvalue weighted by molar-refractivity contribution is 5.85. The maximum Gasteiger partial charge on any atom is 0.124 e. The Morgan fingerprint density at radius 3 is 1.89 bits per heavy atom. The van der Waals surface area contributed by atoms with Crippen LogP contribution in [0.25, 0.3) is 0 Å². The summed E-state index contributed by atoms with van der Waals surface area (Å²) >= 11 is 0. The third-order valence-electron chi connectivity index (χ3n) is 2.82. The van der Waals surface area contributed by atoms with Crippen LogP contribution in [0.3, 0.4) is 0 Å². The molecule has 1 N–H and O–H groups in total. The van der Waals surface area contributed by atoms with E-state index in [1.54, 1.807) is 14.2 Å². The number of anilines is 1. The molecule has 6 heteroatoms. The Bertz CT molecular complexity index is 336. The van der Waals surface area contributed by atoms with E-state index in [1.807, 2.05) is 18.2 Å². The van der Waals surface area contributed by atoms with Crippen molar-refractivity contribution in [3.05, 3.63) is 18.2 Å². The lowest BCUT2D eigenvalue weighted by Gasteiger charge is -2.29. The molecule has 1 saturated heterocycles. The maximum absolute atomic E-state index is 5.27. The molecular weight excluding hydrogens is 275 g/mol. The van der Waals surface area contributed by atoms with Crippen LogP contribution in [0.2, 0.25) is 0 Å². The second kappa shape index (κ2) is 8.29. The summed E-state index contributed by atoms with van der Waals surface area (Å²) < 4.78 is 10.5. The van der Waals surface area contributed by atoms with Crippen molar-refractivity contribution in [3.8, 4) is 11.5 Å². The maximum atomic E-state index is 5.27. The molecule has 0 radical (unpaired) electrons. The van der Waals surface area contributed by atoms with Crippen molar-refractivity contribution in [3.63, 3.8) is 0 Å². The van der Waals surface area contributed by atoms with E-state index in [-0.39, 0.29) is 24.8 Å². The molecule has 0 saturated carbocycles. The number of nitrogens with zero attached hydrogens (tertiary/aromatic N) is 1. The lowest BCUT2D eigenvalue weighted by molar-refractivity contribution is 0.394. The van der Waals surface area contributed by atoms with E-state index in [1.165, 1.54) is 0 Å². The van der Waals surface area contributed by atoms with Gasteiger partial charge in [-0.05, 0) is 0 Å². The molecule has 0 aromatic heterocycles. The minimum atomic E-state index is 0. The predicted octanol–water partition coefficient (Wildman–Crippen LogP) is 1.96. The number of hydrogen-bond donors (Lipinski definition) is 1. The van der Waals surface area contributed by atoms with Gasteiger partial charge in [-0.3, -0.25) is 0 Å². The lowest BCUT2D eigenvalue weighted by atomic mass is 10.2. The second-order valence-corrected chi connectivity index (χ2v) is 3.81. The van der Waals surface area contributed by atoms with Gasteiger partial charge >= 0.3 is 0 Å². The largest absolute Gasteiger partial charge is 0.497 e. The van der Waals surface area contributed by atoms with E-state index in [2.05, 4.69) is 10.2 Å². The molecule has 104 valence electrons. The van der Waals surface area contributed by atoms with Crippen molar-refractivity contribution in [2.24, 2.45) is 0 Å². The molecule has 18 heavy (non-hydrogen) atoms. The molecule has 2 rings (SSSR count). The summed E-state index contributed by atoms with van der Waals surface area (Å²) in [5.41, 5.74) is 1.16. The highest BCUT2D eigenvalue weighted by Crippen LogP contribution is 2.28. The van der Waals surface area contributed by atoms with E-state index in [9.17, 15) is 0 Å². The number of piperazine rings is 1. The highest BCUT2D eigenvalue weighted by atomic mass is 35.5. The van der Waals surface area contributed by atoms with Crippen LogP contribution < -0.4 is 19.7 Å². The molecule has 0 atom stereocenters. The number of nitrogens with one attached hydrogen (secondary N) is 1. The van der Waals surface area contributed by atoms with Gasteiger partial charge < -0.3 is 19.7 Å². The Balaban J connectivity index is 0.00000144. The average Bonchev–Trinajstić information content (AvgIpc) is 2.39. The summed E-state index contributed by atoms with van der Waals surface area (Å²) in [5, 5.41) is 3.34. The fourth-order valence-corrected chi connectivity index (χ4v) is 1.90. The van der Waals surface area contributed by atoms with Gasteiger partial charge in [0.05, 0.1) is 14.2 Å². The fourth-order valence-electron chi connectivity index (χ4n) is 1.90. The van der Waals surface area contributed by atoms with Crippen LogP contribution in [0.15, 0.2) is 18.2 Å². The van der Waals surface area contributed by atoms with Crippen molar-refractivity contribution in [2.45, 2.75) is 0 Å². The smallest absolute Gasteiger partial charge is 0.124 e. The van der Waals surface area contributed by atoms with Crippen molar-refractivity contribution >= 4 is 30.5 Å². The molecule has 0 unspecified atom stereocenters. The first-order chi connectivity index (χ1) is 7.83. The zero-order valence-electron chi connectivity index (χ0n) is 10.6. The van der Waals surface area contributed by atoms with Gasteiger partial charge in [-0.25, -0.2) is 0 Å². The third-order valence-corrected chi connectivity index (χ3v) is 2.82. The number of halogens is 2. The molecule has 0 aliphatic carbocycles. The zero-order chi connectivity index (χ0) is 11.4. The van der Waals surface area contributed by atoms with Gasteiger partial charge in [0.1, 0.15) is 11.5 Å². The molecule has 1 heterocycles. The summed E-state index contributed by atoms with van der Waals surface area (Å²) in [6, 6.07) is 5.99. The van der Waals surface area contributed by atoms with Gasteiger partial charge in [-0.1, -0.05) is 0 Å². The Morgan fingerprint density at radius 1 is 0.944 bits per heavy atom. The summed E-state index contributed by atoms with van der Waals surface area (Å²) in [7, 11) is 3.35. The normalized spacial score (nSPS) is 14.2. The van der Waals surface area contributed by atoms with E-state index >= 15 is 0 Å². The van der Waals surface area contributed by atoms with Crippen molar-refractivity contribution in [2.75, 3.05) is 45.3 Å². The van der Waals surface area contributed by atoms with Gasteiger partial charge in [0.15, 0.2) is 0 Å². The molecule has 0 amide bonds. The van der Waals surface area contributed by atoms with Crippen LogP contribution in [0, 0.1) is 0 Å². The van der Waals surface area contributed by atoms with Crippen LogP contribution in [0.5, 0.6) is 11.5 Å². The van der Waals surface area contributed by atoms with Gasteiger partial charge in [-0.2, -0.15) is 0 Å². The predicted molar refractivity (Wildman–Crippen MR) is 79.1 cm³/mol. The van der Waals surface area contributed by atoms with Crippen molar-refractivity contribution in [1.82, 2.24) is 5.32 Å². The molecule has 0 spiro atoms. The topological polar surface area (TPSA) is 33.7 Å². The number of methoxy groups -OCH3 is 2. The number of hydrogen-bond acceptors (Lipinski definition) is 4. The van der Waals surface area contributed by atoms with Gasteiger partial charge in [0, 0.05) is 50.1 Å². The average molecular weight is 295 g/mol. The summed E-state index contributed by atoms with van der Waals surface area (Å²) in [5.74, 6) is 1.68. The van der Waals surface area contributed by atoms with Crippen LogP contribution in [0.4, 0.5) is 5.69 Å². The molecule has 4 nitrogen and oxygen atoms in total. The van der Waals surface area contributed by atoms with E-state index in [4.69, 9.17) is 9.47 Å². The Morgan fingerprint density at radius 2 is 1.44 bits per heavy atom. The third kappa shape index (κ3) is 4.12. The van der Waals surface area contributed by atoms with Crippen LogP contribution in [-0.2, 0) is 0 Å². The zero-order valence-corrected chi connectivity index (χ0v) is 12.3. The number of rotatable bonds is 3. The minimum absolute atomic E-state index is 0. The van der Waals surface area contributed by atoms with Gasteiger partial charge in [0.25, 0.3) is 0 Å². The van der Waals surface area contributed by atoms with Crippen LogP contribution >= 0.6 is 24.8 Å². The summed E-state index contributed by atoms with van der Waals surface area (Å²) in [4.78, 5) is 2.33. The van der Waals surface area contributed by atoms with Crippen LogP contribution in [-0.4, -0.2) is 40.4 Å². The van der Waals surface area contributed by atoms with E-state index in [0.717, 1.165) is 43.4 Å². The molecule has 1 aromatic rings. The van der Waals surface area contributed by atoms with Crippen molar-refractivity contribution in [1.29, 1.82) is 0 Å². The highest BCUT2D eigenvalue weighted by Gasteiger charge is 2.12. The molecular formula is C12H20Cl2N2O2. The SMILES string of the molecule is COc1cc(OC)cc(N2CCNCC2)c1.Cl.Cl.